The van der Waals surface area contributed by atoms with Gasteiger partial charge in [0.2, 0.25) is 0 Å². The monoisotopic (exact) mass is 223 g/mol. The first kappa shape index (κ1) is 12.8. The quantitative estimate of drug-likeness (QED) is 0.740. The lowest BCUT2D eigenvalue weighted by molar-refractivity contribution is 0.346. The molecule has 1 atom stereocenters. The van der Waals surface area contributed by atoms with Crippen LogP contribution in [0.1, 0.15) is 44.6 Å². The second-order valence-electron chi connectivity index (χ2n) is 3.86. The third-order valence-electron chi connectivity index (χ3n) is 2.89. The standard InChI is InChI=1S/C13H21NO2/c1-5-7-10(6-2)11-8-14-9-12(15-3)13(11)16-4/h8-10H,5-7H2,1-4H3. The number of aromatic nitrogens is 1. The smallest absolute Gasteiger partial charge is 0.179 e. The van der Waals surface area contributed by atoms with Crippen LogP contribution in [0, 0.1) is 0 Å². The molecular formula is C13H21NO2. The molecule has 1 unspecified atom stereocenters. The molecule has 1 aromatic rings. The van der Waals surface area contributed by atoms with Crippen LogP contribution in [0.15, 0.2) is 12.4 Å². The van der Waals surface area contributed by atoms with E-state index in [0.29, 0.717) is 5.92 Å². The Morgan fingerprint density at radius 3 is 2.44 bits per heavy atom. The Labute approximate surface area is 97.8 Å². The summed E-state index contributed by atoms with van der Waals surface area (Å²) in [6.07, 6.45) is 7.01. The maximum atomic E-state index is 5.43. The SMILES string of the molecule is CCCC(CC)c1cncc(OC)c1OC. The molecule has 16 heavy (non-hydrogen) atoms. The molecule has 0 aliphatic carbocycles. The molecule has 0 amide bonds. The fourth-order valence-electron chi connectivity index (χ4n) is 2.03. The van der Waals surface area contributed by atoms with E-state index in [2.05, 4.69) is 18.8 Å². The molecule has 0 radical (unpaired) electrons. The minimum Gasteiger partial charge on any atom is -0.492 e. The van der Waals surface area contributed by atoms with Crippen LogP contribution in [0.4, 0.5) is 0 Å². The molecule has 0 bridgehead atoms. The highest BCUT2D eigenvalue weighted by atomic mass is 16.5. The van der Waals surface area contributed by atoms with Crippen molar-refractivity contribution in [3.05, 3.63) is 18.0 Å². The number of methoxy groups -OCH3 is 2. The average molecular weight is 223 g/mol. The normalized spacial score (nSPS) is 12.2. The number of nitrogens with zero attached hydrogens (tertiary/aromatic N) is 1. The third-order valence-corrected chi connectivity index (χ3v) is 2.89. The molecular weight excluding hydrogens is 202 g/mol. The molecule has 90 valence electrons. The minimum atomic E-state index is 0.502. The molecule has 3 nitrogen and oxygen atoms in total. The fourth-order valence-corrected chi connectivity index (χ4v) is 2.03. The van der Waals surface area contributed by atoms with E-state index in [4.69, 9.17) is 9.47 Å². The summed E-state index contributed by atoms with van der Waals surface area (Å²) in [6.45, 7) is 4.39. The van der Waals surface area contributed by atoms with Gasteiger partial charge in [0, 0.05) is 11.8 Å². The number of ether oxygens (including phenoxy) is 2. The summed E-state index contributed by atoms with van der Waals surface area (Å²) in [6, 6.07) is 0. The summed E-state index contributed by atoms with van der Waals surface area (Å²) < 4.78 is 10.7. The van der Waals surface area contributed by atoms with Crippen molar-refractivity contribution in [3.63, 3.8) is 0 Å². The topological polar surface area (TPSA) is 31.4 Å². The van der Waals surface area contributed by atoms with Crippen LogP contribution in [0.3, 0.4) is 0 Å². The molecule has 0 aromatic carbocycles. The molecule has 0 fully saturated rings. The van der Waals surface area contributed by atoms with Gasteiger partial charge in [-0.1, -0.05) is 20.3 Å². The van der Waals surface area contributed by atoms with Crippen LogP contribution in [0.25, 0.3) is 0 Å². The van der Waals surface area contributed by atoms with E-state index in [-0.39, 0.29) is 0 Å². The summed E-state index contributed by atoms with van der Waals surface area (Å²) >= 11 is 0. The van der Waals surface area contributed by atoms with Gasteiger partial charge in [0.05, 0.1) is 20.4 Å². The van der Waals surface area contributed by atoms with Crippen LogP contribution >= 0.6 is 0 Å². The zero-order valence-electron chi connectivity index (χ0n) is 10.6. The van der Waals surface area contributed by atoms with Gasteiger partial charge in [-0.25, -0.2) is 0 Å². The molecule has 0 spiro atoms. The number of hydrogen-bond acceptors (Lipinski definition) is 3. The van der Waals surface area contributed by atoms with Gasteiger partial charge in [-0.2, -0.15) is 0 Å². The summed E-state index contributed by atoms with van der Waals surface area (Å²) in [5.41, 5.74) is 1.16. The van der Waals surface area contributed by atoms with E-state index >= 15 is 0 Å². The van der Waals surface area contributed by atoms with Crippen molar-refractivity contribution in [2.24, 2.45) is 0 Å². The average Bonchev–Trinajstić information content (AvgIpc) is 2.34. The molecule has 0 aliphatic heterocycles. The summed E-state index contributed by atoms with van der Waals surface area (Å²) in [5, 5.41) is 0. The molecule has 0 aliphatic rings. The van der Waals surface area contributed by atoms with Crippen molar-refractivity contribution in [2.45, 2.75) is 39.0 Å². The lowest BCUT2D eigenvalue weighted by Gasteiger charge is -2.18. The maximum absolute atomic E-state index is 5.43. The second kappa shape index (κ2) is 6.36. The molecule has 0 saturated heterocycles. The van der Waals surface area contributed by atoms with E-state index in [1.165, 1.54) is 6.42 Å². The fraction of sp³-hybridized carbons (Fsp3) is 0.615. The molecule has 0 saturated carbocycles. The first-order valence-electron chi connectivity index (χ1n) is 5.84. The largest absolute Gasteiger partial charge is 0.492 e. The lowest BCUT2D eigenvalue weighted by Crippen LogP contribution is -2.03. The highest BCUT2D eigenvalue weighted by Gasteiger charge is 2.17. The molecule has 1 rings (SSSR count). The van der Waals surface area contributed by atoms with Crippen molar-refractivity contribution < 1.29 is 9.47 Å². The van der Waals surface area contributed by atoms with E-state index in [9.17, 15) is 0 Å². The van der Waals surface area contributed by atoms with Crippen molar-refractivity contribution >= 4 is 0 Å². The molecule has 1 aromatic heterocycles. The third kappa shape index (κ3) is 2.65. The van der Waals surface area contributed by atoms with E-state index < -0.39 is 0 Å². The van der Waals surface area contributed by atoms with Crippen molar-refractivity contribution in [2.75, 3.05) is 14.2 Å². The predicted molar refractivity (Wildman–Crippen MR) is 65.3 cm³/mol. The van der Waals surface area contributed by atoms with Gasteiger partial charge in [-0.15, -0.1) is 0 Å². The minimum absolute atomic E-state index is 0.502. The first-order chi connectivity index (χ1) is 7.78. The van der Waals surface area contributed by atoms with E-state index in [0.717, 1.165) is 29.9 Å². The summed E-state index contributed by atoms with van der Waals surface area (Å²) in [4.78, 5) is 4.21. The highest BCUT2D eigenvalue weighted by molar-refractivity contribution is 5.45. The van der Waals surface area contributed by atoms with Crippen LogP contribution in [0.2, 0.25) is 0 Å². The maximum Gasteiger partial charge on any atom is 0.179 e. The van der Waals surface area contributed by atoms with Gasteiger partial charge >= 0.3 is 0 Å². The summed E-state index contributed by atoms with van der Waals surface area (Å²) in [5.74, 6) is 2.05. The first-order valence-corrected chi connectivity index (χ1v) is 5.84. The van der Waals surface area contributed by atoms with Gasteiger partial charge in [-0.05, 0) is 18.8 Å². The van der Waals surface area contributed by atoms with Gasteiger partial charge in [0.25, 0.3) is 0 Å². The van der Waals surface area contributed by atoms with Gasteiger partial charge in [0.1, 0.15) is 0 Å². The zero-order valence-corrected chi connectivity index (χ0v) is 10.6. The molecule has 3 heteroatoms. The number of rotatable bonds is 6. The van der Waals surface area contributed by atoms with Gasteiger partial charge in [-0.3, -0.25) is 4.98 Å². The number of pyridine rings is 1. The second-order valence-corrected chi connectivity index (χ2v) is 3.86. The van der Waals surface area contributed by atoms with Crippen molar-refractivity contribution in [1.82, 2.24) is 4.98 Å². The van der Waals surface area contributed by atoms with Crippen LogP contribution in [0.5, 0.6) is 11.5 Å². The highest BCUT2D eigenvalue weighted by Crippen LogP contribution is 2.37. The lowest BCUT2D eigenvalue weighted by atomic mass is 9.92. The Hall–Kier alpha value is -1.25. The molecule has 1 heterocycles. The van der Waals surface area contributed by atoms with Gasteiger partial charge < -0.3 is 9.47 Å². The zero-order chi connectivity index (χ0) is 12.0. The van der Waals surface area contributed by atoms with Crippen LogP contribution in [-0.4, -0.2) is 19.2 Å². The summed E-state index contributed by atoms with van der Waals surface area (Å²) in [7, 11) is 3.32. The van der Waals surface area contributed by atoms with E-state index in [1.807, 2.05) is 6.20 Å². The van der Waals surface area contributed by atoms with Crippen molar-refractivity contribution in [3.8, 4) is 11.5 Å². The van der Waals surface area contributed by atoms with Crippen molar-refractivity contribution in [1.29, 1.82) is 0 Å². The Morgan fingerprint density at radius 1 is 1.19 bits per heavy atom. The molecule has 0 N–H and O–H groups in total. The Balaban J connectivity index is 3.09. The van der Waals surface area contributed by atoms with E-state index in [1.54, 1.807) is 20.4 Å². The Kier molecular flexibility index (Phi) is 5.09. The van der Waals surface area contributed by atoms with Gasteiger partial charge in [0.15, 0.2) is 11.5 Å². The Bertz CT molecular complexity index is 326. The van der Waals surface area contributed by atoms with Crippen LogP contribution < -0.4 is 9.47 Å². The Morgan fingerprint density at radius 2 is 1.94 bits per heavy atom. The number of hydrogen-bond donors (Lipinski definition) is 0. The predicted octanol–water partition coefficient (Wildman–Crippen LogP) is 3.39. The van der Waals surface area contributed by atoms with Crippen LogP contribution in [-0.2, 0) is 0 Å².